The number of nitrogens with zero attached hydrogens (tertiary/aromatic N) is 1. The number of amides is 2. The lowest BCUT2D eigenvalue weighted by Crippen LogP contribution is -2.54. The van der Waals surface area contributed by atoms with E-state index < -0.39 is 23.3 Å². The van der Waals surface area contributed by atoms with Crippen LogP contribution in [0.4, 0.5) is 4.39 Å². The molecule has 0 saturated heterocycles. The maximum atomic E-state index is 13.1. The van der Waals surface area contributed by atoms with Gasteiger partial charge in [0, 0.05) is 22.1 Å². The van der Waals surface area contributed by atoms with Crippen LogP contribution < -0.4 is 10.1 Å². The molecule has 0 spiro atoms. The average molecular weight is 469 g/mol. The van der Waals surface area contributed by atoms with Gasteiger partial charge >= 0.3 is 0 Å². The van der Waals surface area contributed by atoms with E-state index in [1.807, 2.05) is 27.7 Å². The standard InChI is InChI=1S/C23H27Cl2FN2O3/c1-5-20(22(30)27-23(2,3)4)28(13-15-6-7-16(24)12-19(15)25)21(29)14-31-18-10-8-17(26)9-11-18/h6-12,20H,5,13-14H2,1-4H3,(H,27,30)/t20-/m1/s1. The normalized spacial score (nSPS) is 12.2. The van der Waals surface area contributed by atoms with E-state index in [0.717, 1.165) is 0 Å². The van der Waals surface area contributed by atoms with Crippen LogP contribution in [0.2, 0.25) is 10.0 Å². The highest BCUT2D eigenvalue weighted by atomic mass is 35.5. The number of ether oxygens (including phenoxy) is 1. The van der Waals surface area contributed by atoms with E-state index in [4.69, 9.17) is 27.9 Å². The van der Waals surface area contributed by atoms with Crippen molar-refractivity contribution in [2.24, 2.45) is 0 Å². The van der Waals surface area contributed by atoms with Crippen molar-refractivity contribution in [2.75, 3.05) is 6.61 Å². The Kier molecular flexibility index (Phi) is 8.71. The zero-order chi connectivity index (χ0) is 23.2. The van der Waals surface area contributed by atoms with Gasteiger partial charge in [-0.05, 0) is 69.2 Å². The number of halogens is 3. The van der Waals surface area contributed by atoms with Gasteiger partial charge in [0.1, 0.15) is 17.6 Å². The number of carbonyl (C=O) groups excluding carboxylic acids is 2. The maximum absolute atomic E-state index is 13.1. The molecule has 5 nitrogen and oxygen atoms in total. The summed E-state index contributed by atoms with van der Waals surface area (Å²) >= 11 is 12.3. The molecule has 0 aliphatic rings. The van der Waals surface area contributed by atoms with Gasteiger partial charge in [0.15, 0.2) is 6.61 Å². The molecule has 31 heavy (non-hydrogen) atoms. The molecular formula is C23H27Cl2FN2O3. The minimum absolute atomic E-state index is 0.109. The molecule has 1 atom stereocenters. The Morgan fingerprint density at radius 2 is 1.77 bits per heavy atom. The van der Waals surface area contributed by atoms with Crippen molar-refractivity contribution in [2.45, 2.75) is 52.2 Å². The topological polar surface area (TPSA) is 58.6 Å². The molecule has 0 saturated carbocycles. The van der Waals surface area contributed by atoms with Crippen LogP contribution >= 0.6 is 23.2 Å². The summed E-state index contributed by atoms with van der Waals surface area (Å²) in [4.78, 5) is 27.5. The van der Waals surface area contributed by atoms with E-state index in [1.54, 1.807) is 18.2 Å². The number of hydrogen-bond acceptors (Lipinski definition) is 3. The summed E-state index contributed by atoms with van der Waals surface area (Å²) in [6.07, 6.45) is 0.398. The smallest absolute Gasteiger partial charge is 0.261 e. The fourth-order valence-electron chi connectivity index (χ4n) is 2.96. The van der Waals surface area contributed by atoms with Gasteiger partial charge < -0.3 is 15.0 Å². The largest absolute Gasteiger partial charge is 0.484 e. The quantitative estimate of drug-likeness (QED) is 0.576. The van der Waals surface area contributed by atoms with Gasteiger partial charge in [-0.2, -0.15) is 0 Å². The van der Waals surface area contributed by atoms with Crippen molar-refractivity contribution in [1.82, 2.24) is 10.2 Å². The Labute approximate surface area is 192 Å². The van der Waals surface area contributed by atoms with Crippen LogP contribution in [0.5, 0.6) is 5.75 Å². The molecule has 0 fully saturated rings. The molecule has 0 aliphatic heterocycles. The zero-order valence-corrected chi connectivity index (χ0v) is 19.6. The van der Waals surface area contributed by atoms with Crippen molar-refractivity contribution in [1.29, 1.82) is 0 Å². The lowest BCUT2D eigenvalue weighted by Gasteiger charge is -2.33. The predicted octanol–water partition coefficient (Wildman–Crippen LogP) is 5.23. The minimum Gasteiger partial charge on any atom is -0.484 e. The van der Waals surface area contributed by atoms with Gasteiger partial charge in [0.05, 0.1) is 0 Å². The van der Waals surface area contributed by atoms with Gasteiger partial charge in [-0.15, -0.1) is 0 Å². The Hall–Kier alpha value is -2.31. The van der Waals surface area contributed by atoms with Crippen molar-refractivity contribution in [3.63, 3.8) is 0 Å². The van der Waals surface area contributed by atoms with Gasteiger partial charge in [-0.3, -0.25) is 9.59 Å². The Bertz CT molecular complexity index is 914. The van der Waals surface area contributed by atoms with Gasteiger partial charge in [-0.1, -0.05) is 36.2 Å². The lowest BCUT2D eigenvalue weighted by molar-refractivity contribution is -0.143. The van der Waals surface area contributed by atoms with E-state index in [-0.39, 0.29) is 19.1 Å². The first-order valence-electron chi connectivity index (χ1n) is 9.94. The highest BCUT2D eigenvalue weighted by Gasteiger charge is 2.31. The van der Waals surface area contributed by atoms with Crippen molar-refractivity contribution in [3.8, 4) is 5.75 Å². The van der Waals surface area contributed by atoms with Crippen LogP contribution in [-0.2, 0) is 16.1 Å². The fraction of sp³-hybridized carbons (Fsp3) is 0.391. The first-order valence-corrected chi connectivity index (χ1v) is 10.7. The second kappa shape index (κ2) is 10.8. The van der Waals surface area contributed by atoms with Crippen LogP contribution in [-0.4, -0.2) is 34.9 Å². The molecular weight excluding hydrogens is 442 g/mol. The second-order valence-corrected chi connectivity index (χ2v) is 9.01. The van der Waals surface area contributed by atoms with Crippen molar-refractivity contribution < 1.29 is 18.7 Å². The monoisotopic (exact) mass is 468 g/mol. The molecule has 2 aromatic carbocycles. The second-order valence-electron chi connectivity index (χ2n) is 8.16. The molecule has 1 N–H and O–H groups in total. The molecule has 0 aromatic heterocycles. The van der Waals surface area contributed by atoms with Gasteiger partial charge in [-0.25, -0.2) is 4.39 Å². The van der Waals surface area contributed by atoms with E-state index in [2.05, 4.69) is 5.32 Å². The summed E-state index contributed by atoms with van der Waals surface area (Å²) < 4.78 is 18.6. The molecule has 8 heteroatoms. The maximum Gasteiger partial charge on any atom is 0.261 e. The Balaban J connectivity index is 2.27. The molecule has 0 aliphatic carbocycles. The zero-order valence-electron chi connectivity index (χ0n) is 18.0. The van der Waals surface area contributed by atoms with E-state index in [1.165, 1.54) is 29.2 Å². The molecule has 0 heterocycles. The lowest BCUT2D eigenvalue weighted by atomic mass is 10.1. The first kappa shape index (κ1) is 25.0. The van der Waals surface area contributed by atoms with Crippen LogP contribution in [0.1, 0.15) is 39.7 Å². The predicted molar refractivity (Wildman–Crippen MR) is 121 cm³/mol. The van der Waals surface area contributed by atoms with E-state index in [0.29, 0.717) is 27.8 Å². The van der Waals surface area contributed by atoms with Crippen LogP contribution in [0.3, 0.4) is 0 Å². The molecule has 0 bridgehead atoms. The Morgan fingerprint density at radius 3 is 2.32 bits per heavy atom. The van der Waals surface area contributed by atoms with Crippen molar-refractivity contribution in [3.05, 3.63) is 63.9 Å². The molecule has 168 valence electrons. The van der Waals surface area contributed by atoms with Crippen molar-refractivity contribution >= 4 is 35.0 Å². The highest BCUT2D eigenvalue weighted by Crippen LogP contribution is 2.24. The first-order chi connectivity index (χ1) is 14.5. The summed E-state index contributed by atoms with van der Waals surface area (Å²) in [5.41, 5.74) is 0.199. The van der Waals surface area contributed by atoms with Gasteiger partial charge in [0.25, 0.3) is 5.91 Å². The molecule has 2 rings (SSSR count). The summed E-state index contributed by atoms with van der Waals surface area (Å²) in [5.74, 6) is -0.713. The molecule has 0 radical (unpaired) electrons. The third kappa shape index (κ3) is 7.71. The summed E-state index contributed by atoms with van der Waals surface area (Å²) in [6.45, 7) is 7.25. The molecule has 2 aromatic rings. The minimum atomic E-state index is -0.727. The highest BCUT2D eigenvalue weighted by molar-refractivity contribution is 6.35. The van der Waals surface area contributed by atoms with E-state index >= 15 is 0 Å². The number of hydrogen-bond donors (Lipinski definition) is 1. The third-order valence-corrected chi connectivity index (χ3v) is 5.00. The Morgan fingerprint density at radius 1 is 1.13 bits per heavy atom. The summed E-state index contributed by atoms with van der Waals surface area (Å²) in [6, 6.07) is 9.63. The van der Waals surface area contributed by atoms with Crippen LogP contribution in [0.15, 0.2) is 42.5 Å². The number of benzene rings is 2. The SMILES string of the molecule is CC[C@H](C(=O)NC(C)(C)C)N(Cc1ccc(Cl)cc1Cl)C(=O)COc1ccc(F)cc1. The summed E-state index contributed by atoms with van der Waals surface area (Å²) in [7, 11) is 0. The number of rotatable bonds is 8. The average Bonchev–Trinajstić information content (AvgIpc) is 2.67. The third-order valence-electron chi connectivity index (χ3n) is 4.42. The fourth-order valence-corrected chi connectivity index (χ4v) is 3.43. The number of nitrogens with one attached hydrogen (secondary N) is 1. The summed E-state index contributed by atoms with van der Waals surface area (Å²) in [5, 5.41) is 3.80. The van der Waals surface area contributed by atoms with Crippen LogP contribution in [0.25, 0.3) is 0 Å². The van der Waals surface area contributed by atoms with E-state index in [9.17, 15) is 14.0 Å². The molecule has 2 amide bonds. The van der Waals surface area contributed by atoms with Gasteiger partial charge in [0.2, 0.25) is 5.91 Å². The molecule has 0 unspecified atom stereocenters. The van der Waals surface area contributed by atoms with Crippen LogP contribution in [0, 0.1) is 5.82 Å². The number of carbonyl (C=O) groups is 2.